The zero-order valence-electron chi connectivity index (χ0n) is 13.7. The fourth-order valence-electron chi connectivity index (χ4n) is 2.31. The summed E-state index contributed by atoms with van der Waals surface area (Å²) in [6.07, 6.45) is 11.3. The lowest BCUT2D eigenvalue weighted by molar-refractivity contribution is -0.133. The van der Waals surface area contributed by atoms with Crippen LogP contribution >= 0.6 is 0 Å². The molecular formula is C17H34O4. The highest BCUT2D eigenvalue weighted by molar-refractivity contribution is 5.83. The van der Waals surface area contributed by atoms with Crippen LogP contribution in [0.15, 0.2) is 0 Å². The number of carbonyl (C=O) groups is 1. The summed E-state index contributed by atoms with van der Waals surface area (Å²) in [7, 11) is 0. The van der Waals surface area contributed by atoms with Crippen LogP contribution in [0.2, 0.25) is 0 Å². The van der Waals surface area contributed by atoms with Gasteiger partial charge in [-0.15, -0.1) is 0 Å². The van der Waals surface area contributed by atoms with Crippen molar-refractivity contribution in [3.05, 3.63) is 0 Å². The van der Waals surface area contributed by atoms with E-state index in [9.17, 15) is 4.79 Å². The smallest absolute Gasteiger partial charge is 0.163 e. The SMILES string of the molecule is CCCCCCCCCCCC(=O)C(CO)OCCCO. The van der Waals surface area contributed by atoms with Gasteiger partial charge in [-0.25, -0.2) is 0 Å². The summed E-state index contributed by atoms with van der Waals surface area (Å²) < 4.78 is 5.27. The van der Waals surface area contributed by atoms with Gasteiger partial charge < -0.3 is 14.9 Å². The van der Waals surface area contributed by atoms with Gasteiger partial charge >= 0.3 is 0 Å². The van der Waals surface area contributed by atoms with Crippen molar-refractivity contribution in [2.45, 2.75) is 83.7 Å². The second kappa shape index (κ2) is 15.9. The molecule has 0 bridgehead atoms. The monoisotopic (exact) mass is 302 g/mol. The predicted molar refractivity (Wildman–Crippen MR) is 85.4 cm³/mol. The van der Waals surface area contributed by atoms with Gasteiger partial charge in [0.25, 0.3) is 0 Å². The summed E-state index contributed by atoms with van der Waals surface area (Å²) in [6, 6.07) is 0. The predicted octanol–water partition coefficient (Wildman–Crippen LogP) is 3.24. The fraction of sp³-hybridized carbons (Fsp3) is 0.941. The third-order valence-electron chi connectivity index (χ3n) is 3.67. The second-order valence-electron chi connectivity index (χ2n) is 5.66. The number of Topliss-reactive ketones (excluding diaryl/α,β-unsaturated/α-hetero) is 1. The lowest BCUT2D eigenvalue weighted by Crippen LogP contribution is -2.28. The van der Waals surface area contributed by atoms with Gasteiger partial charge in [-0.1, -0.05) is 58.3 Å². The lowest BCUT2D eigenvalue weighted by atomic mass is 10.0. The van der Waals surface area contributed by atoms with E-state index < -0.39 is 6.10 Å². The molecule has 0 aromatic rings. The number of carbonyl (C=O) groups excluding carboxylic acids is 1. The highest BCUT2D eigenvalue weighted by Gasteiger charge is 2.17. The van der Waals surface area contributed by atoms with Crippen LogP contribution in [0.4, 0.5) is 0 Å². The molecule has 4 nitrogen and oxygen atoms in total. The van der Waals surface area contributed by atoms with Crippen LogP contribution in [0.5, 0.6) is 0 Å². The molecule has 0 aromatic heterocycles. The Labute approximate surface area is 129 Å². The molecule has 0 rings (SSSR count). The van der Waals surface area contributed by atoms with E-state index in [1.165, 1.54) is 44.9 Å². The van der Waals surface area contributed by atoms with Crippen molar-refractivity contribution >= 4 is 5.78 Å². The zero-order chi connectivity index (χ0) is 15.8. The van der Waals surface area contributed by atoms with Crippen molar-refractivity contribution < 1.29 is 19.7 Å². The number of hydrogen-bond acceptors (Lipinski definition) is 4. The first-order chi connectivity index (χ1) is 10.3. The van der Waals surface area contributed by atoms with E-state index in [0.717, 1.165) is 12.8 Å². The van der Waals surface area contributed by atoms with Gasteiger partial charge in [0.05, 0.1) is 6.61 Å². The van der Waals surface area contributed by atoms with E-state index in [0.29, 0.717) is 19.4 Å². The summed E-state index contributed by atoms with van der Waals surface area (Å²) in [6.45, 7) is 2.34. The minimum absolute atomic E-state index is 0.0154. The van der Waals surface area contributed by atoms with Crippen LogP contribution in [0.3, 0.4) is 0 Å². The van der Waals surface area contributed by atoms with Crippen LogP contribution in [0.25, 0.3) is 0 Å². The molecule has 0 fully saturated rings. The molecule has 0 saturated carbocycles. The minimum atomic E-state index is -0.703. The van der Waals surface area contributed by atoms with Gasteiger partial charge in [-0.3, -0.25) is 4.79 Å². The molecule has 0 aliphatic carbocycles. The first-order valence-electron chi connectivity index (χ1n) is 8.62. The third-order valence-corrected chi connectivity index (χ3v) is 3.67. The average molecular weight is 302 g/mol. The Kier molecular flexibility index (Phi) is 15.6. The topological polar surface area (TPSA) is 66.8 Å². The van der Waals surface area contributed by atoms with E-state index in [1.54, 1.807) is 0 Å². The summed E-state index contributed by atoms with van der Waals surface area (Å²) in [5.41, 5.74) is 0. The van der Waals surface area contributed by atoms with E-state index in [4.69, 9.17) is 14.9 Å². The first-order valence-corrected chi connectivity index (χ1v) is 8.62. The molecule has 4 heteroatoms. The molecule has 21 heavy (non-hydrogen) atoms. The molecular weight excluding hydrogens is 268 g/mol. The van der Waals surface area contributed by atoms with Crippen LogP contribution in [0, 0.1) is 0 Å². The van der Waals surface area contributed by atoms with E-state index in [2.05, 4.69) is 6.92 Å². The van der Waals surface area contributed by atoms with Gasteiger partial charge in [-0.05, 0) is 12.8 Å². The largest absolute Gasteiger partial charge is 0.396 e. The van der Waals surface area contributed by atoms with E-state index in [-0.39, 0.29) is 19.0 Å². The lowest BCUT2D eigenvalue weighted by Gasteiger charge is -2.13. The quantitative estimate of drug-likeness (QED) is 0.430. The molecule has 0 aromatic carbocycles. The summed E-state index contributed by atoms with van der Waals surface area (Å²) in [4.78, 5) is 11.8. The van der Waals surface area contributed by atoms with Gasteiger partial charge in [-0.2, -0.15) is 0 Å². The number of ketones is 1. The van der Waals surface area contributed by atoms with Crippen molar-refractivity contribution in [2.24, 2.45) is 0 Å². The maximum absolute atomic E-state index is 11.8. The van der Waals surface area contributed by atoms with Gasteiger partial charge in [0.2, 0.25) is 0 Å². The van der Waals surface area contributed by atoms with Gasteiger partial charge in [0.1, 0.15) is 6.10 Å². The standard InChI is InChI=1S/C17H34O4/c1-2-3-4-5-6-7-8-9-10-12-16(20)17(15-19)21-14-11-13-18/h17-19H,2-15H2,1H3. The number of aliphatic hydroxyl groups excluding tert-OH is 2. The Morgan fingerprint density at radius 3 is 2.00 bits per heavy atom. The number of hydrogen-bond donors (Lipinski definition) is 2. The number of unbranched alkanes of at least 4 members (excludes halogenated alkanes) is 8. The molecule has 0 amide bonds. The zero-order valence-corrected chi connectivity index (χ0v) is 13.7. The fourth-order valence-corrected chi connectivity index (χ4v) is 2.31. The van der Waals surface area contributed by atoms with Gasteiger partial charge in [0.15, 0.2) is 5.78 Å². The number of ether oxygens (including phenoxy) is 1. The molecule has 126 valence electrons. The first kappa shape index (κ1) is 20.6. The van der Waals surface area contributed by atoms with Crippen LogP contribution in [-0.4, -0.2) is 41.9 Å². The molecule has 0 heterocycles. The maximum atomic E-state index is 11.8. The maximum Gasteiger partial charge on any atom is 0.163 e. The second-order valence-corrected chi connectivity index (χ2v) is 5.66. The molecule has 0 spiro atoms. The van der Waals surface area contributed by atoms with E-state index in [1.807, 2.05) is 0 Å². The summed E-state index contributed by atoms with van der Waals surface area (Å²) in [5, 5.41) is 17.8. The van der Waals surface area contributed by atoms with Crippen LogP contribution in [0.1, 0.15) is 77.6 Å². The molecule has 2 N–H and O–H groups in total. The van der Waals surface area contributed by atoms with Crippen molar-refractivity contribution in [3.63, 3.8) is 0 Å². The van der Waals surface area contributed by atoms with Gasteiger partial charge in [0, 0.05) is 19.6 Å². The molecule has 0 radical (unpaired) electrons. The van der Waals surface area contributed by atoms with Crippen LogP contribution in [-0.2, 0) is 9.53 Å². The minimum Gasteiger partial charge on any atom is -0.396 e. The van der Waals surface area contributed by atoms with Crippen molar-refractivity contribution in [1.29, 1.82) is 0 Å². The Morgan fingerprint density at radius 1 is 0.905 bits per heavy atom. The normalized spacial score (nSPS) is 12.5. The van der Waals surface area contributed by atoms with E-state index >= 15 is 0 Å². The van der Waals surface area contributed by atoms with Crippen LogP contribution < -0.4 is 0 Å². The Hall–Kier alpha value is -0.450. The average Bonchev–Trinajstić information content (AvgIpc) is 2.50. The number of rotatable bonds is 16. The molecule has 0 saturated heterocycles. The van der Waals surface area contributed by atoms with Crippen molar-refractivity contribution in [1.82, 2.24) is 0 Å². The van der Waals surface area contributed by atoms with Crippen molar-refractivity contribution in [2.75, 3.05) is 19.8 Å². The third kappa shape index (κ3) is 13.0. The summed E-state index contributed by atoms with van der Waals surface area (Å²) >= 11 is 0. The molecule has 0 aliphatic rings. The molecule has 1 atom stereocenters. The highest BCUT2D eigenvalue weighted by atomic mass is 16.5. The molecule has 0 aliphatic heterocycles. The van der Waals surface area contributed by atoms with Crippen molar-refractivity contribution in [3.8, 4) is 0 Å². The summed E-state index contributed by atoms with van der Waals surface area (Å²) in [5.74, 6) is -0.0154. The Balaban J connectivity index is 3.46. The Bertz CT molecular complexity index is 231. The Morgan fingerprint density at radius 2 is 1.48 bits per heavy atom. The number of aliphatic hydroxyl groups is 2. The highest BCUT2D eigenvalue weighted by Crippen LogP contribution is 2.11. The molecule has 1 unspecified atom stereocenters.